The van der Waals surface area contributed by atoms with E-state index in [2.05, 4.69) is 32.3 Å². The van der Waals surface area contributed by atoms with E-state index in [0.29, 0.717) is 6.04 Å². The van der Waals surface area contributed by atoms with E-state index in [4.69, 9.17) is 4.74 Å². The number of hydrogen-bond donors (Lipinski definition) is 0. The third-order valence-corrected chi connectivity index (χ3v) is 4.62. The topological polar surface area (TPSA) is 56.1 Å². The fourth-order valence-electron chi connectivity index (χ4n) is 3.37. The van der Waals surface area contributed by atoms with Gasteiger partial charge in [-0.05, 0) is 55.7 Å². The molecule has 25 heavy (non-hydrogen) atoms. The van der Waals surface area contributed by atoms with Crippen molar-refractivity contribution in [2.75, 3.05) is 18.6 Å². The number of aryl methyl sites for hydroxylation is 1. The first-order valence-corrected chi connectivity index (χ1v) is 8.51. The Morgan fingerprint density at radius 3 is 2.64 bits per heavy atom. The highest BCUT2D eigenvalue weighted by atomic mass is 16.5. The highest BCUT2D eigenvalue weighted by Crippen LogP contribution is 2.36. The van der Waals surface area contributed by atoms with Crippen LogP contribution in [0.3, 0.4) is 0 Å². The second-order valence-electron chi connectivity index (χ2n) is 6.28. The molecule has 0 N–H and O–H groups in total. The normalized spacial score (nSPS) is 17.0. The van der Waals surface area contributed by atoms with Crippen LogP contribution in [0.4, 0.5) is 5.82 Å². The molecule has 1 fully saturated rings. The van der Waals surface area contributed by atoms with Gasteiger partial charge in [-0.1, -0.05) is 12.1 Å². The summed E-state index contributed by atoms with van der Waals surface area (Å²) in [6.45, 7) is 2.94. The minimum absolute atomic E-state index is 0.308. The van der Waals surface area contributed by atoms with Gasteiger partial charge in [-0.25, -0.2) is 4.68 Å². The molecule has 4 rings (SSSR count). The summed E-state index contributed by atoms with van der Waals surface area (Å²) in [7, 11) is 1.70. The quantitative estimate of drug-likeness (QED) is 0.732. The lowest BCUT2D eigenvalue weighted by molar-refractivity contribution is 0.414. The van der Waals surface area contributed by atoms with Crippen molar-refractivity contribution in [3.8, 4) is 11.6 Å². The van der Waals surface area contributed by atoms with Crippen molar-refractivity contribution in [3.63, 3.8) is 0 Å². The van der Waals surface area contributed by atoms with Gasteiger partial charge in [-0.2, -0.15) is 5.10 Å². The molecule has 3 aromatic rings. The van der Waals surface area contributed by atoms with Crippen LogP contribution in [-0.4, -0.2) is 33.6 Å². The SMILES string of the molecule is COc1cccc(C2CCCN2c2ccc(-n3ccc(C)n3)nn2)c1. The van der Waals surface area contributed by atoms with Gasteiger partial charge in [0.1, 0.15) is 5.75 Å². The van der Waals surface area contributed by atoms with E-state index in [1.807, 2.05) is 43.5 Å². The minimum atomic E-state index is 0.308. The maximum atomic E-state index is 5.37. The Hall–Kier alpha value is -2.89. The van der Waals surface area contributed by atoms with Crippen molar-refractivity contribution >= 4 is 5.82 Å². The fraction of sp³-hybridized carbons (Fsp3) is 0.316. The largest absolute Gasteiger partial charge is 0.497 e. The van der Waals surface area contributed by atoms with Gasteiger partial charge < -0.3 is 9.64 Å². The van der Waals surface area contributed by atoms with E-state index >= 15 is 0 Å². The molecule has 6 nitrogen and oxygen atoms in total. The molecular weight excluding hydrogens is 314 g/mol. The summed E-state index contributed by atoms with van der Waals surface area (Å²) in [5, 5.41) is 13.2. The first-order valence-electron chi connectivity index (χ1n) is 8.51. The molecule has 1 aliphatic rings. The molecule has 1 atom stereocenters. The number of ether oxygens (including phenoxy) is 1. The maximum absolute atomic E-state index is 5.37. The van der Waals surface area contributed by atoms with E-state index in [1.165, 1.54) is 5.56 Å². The lowest BCUT2D eigenvalue weighted by Gasteiger charge is -2.26. The van der Waals surface area contributed by atoms with Crippen LogP contribution in [0.25, 0.3) is 5.82 Å². The maximum Gasteiger partial charge on any atom is 0.175 e. The van der Waals surface area contributed by atoms with Crippen molar-refractivity contribution < 1.29 is 4.74 Å². The van der Waals surface area contributed by atoms with Crippen LogP contribution >= 0.6 is 0 Å². The summed E-state index contributed by atoms with van der Waals surface area (Å²) < 4.78 is 7.11. The Balaban J connectivity index is 1.59. The number of rotatable bonds is 4. The molecule has 1 saturated heterocycles. The summed E-state index contributed by atoms with van der Waals surface area (Å²) in [4.78, 5) is 2.32. The highest BCUT2D eigenvalue weighted by Gasteiger charge is 2.27. The monoisotopic (exact) mass is 335 g/mol. The van der Waals surface area contributed by atoms with Crippen LogP contribution in [0.1, 0.15) is 30.1 Å². The van der Waals surface area contributed by atoms with E-state index in [-0.39, 0.29) is 0 Å². The predicted octanol–water partition coefficient (Wildman–Crippen LogP) is 3.32. The third-order valence-electron chi connectivity index (χ3n) is 4.62. The Morgan fingerprint density at radius 2 is 1.92 bits per heavy atom. The second-order valence-corrected chi connectivity index (χ2v) is 6.28. The van der Waals surface area contributed by atoms with Crippen molar-refractivity contribution in [1.82, 2.24) is 20.0 Å². The average Bonchev–Trinajstić information content (AvgIpc) is 3.31. The second kappa shape index (κ2) is 6.55. The Kier molecular flexibility index (Phi) is 4.09. The van der Waals surface area contributed by atoms with Gasteiger partial charge in [-0.15, -0.1) is 10.2 Å². The summed E-state index contributed by atoms with van der Waals surface area (Å²) in [5.74, 6) is 2.52. The Labute approximate surface area is 147 Å². The van der Waals surface area contributed by atoms with Gasteiger partial charge in [0.05, 0.1) is 18.8 Å². The number of anilines is 1. The first-order chi connectivity index (χ1) is 12.2. The number of aromatic nitrogens is 4. The third kappa shape index (κ3) is 3.07. The van der Waals surface area contributed by atoms with Crippen molar-refractivity contribution in [3.05, 3.63) is 59.9 Å². The van der Waals surface area contributed by atoms with Crippen molar-refractivity contribution in [1.29, 1.82) is 0 Å². The molecule has 0 amide bonds. The lowest BCUT2D eigenvalue weighted by Crippen LogP contribution is -2.24. The van der Waals surface area contributed by atoms with Crippen LogP contribution in [-0.2, 0) is 0 Å². The molecular formula is C19H21N5O. The molecule has 3 heterocycles. The molecule has 6 heteroatoms. The van der Waals surface area contributed by atoms with E-state index in [0.717, 1.165) is 42.5 Å². The highest BCUT2D eigenvalue weighted by molar-refractivity contribution is 5.45. The van der Waals surface area contributed by atoms with Gasteiger partial charge in [0, 0.05) is 12.7 Å². The molecule has 0 spiro atoms. The van der Waals surface area contributed by atoms with E-state index in [1.54, 1.807) is 11.8 Å². The molecule has 0 bridgehead atoms. The van der Waals surface area contributed by atoms with Gasteiger partial charge in [0.15, 0.2) is 11.6 Å². The molecule has 0 radical (unpaired) electrons. The zero-order valence-corrected chi connectivity index (χ0v) is 14.5. The molecule has 128 valence electrons. The van der Waals surface area contributed by atoms with Crippen LogP contribution in [0.5, 0.6) is 5.75 Å². The van der Waals surface area contributed by atoms with Gasteiger partial charge in [0.2, 0.25) is 0 Å². The molecule has 0 saturated carbocycles. The van der Waals surface area contributed by atoms with Crippen molar-refractivity contribution in [2.45, 2.75) is 25.8 Å². The van der Waals surface area contributed by atoms with Gasteiger partial charge in [-0.3, -0.25) is 0 Å². The Morgan fingerprint density at radius 1 is 1.08 bits per heavy atom. The van der Waals surface area contributed by atoms with E-state index in [9.17, 15) is 0 Å². The molecule has 1 aliphatic heterocycles. The van der Waals surface area contributed by atoms with Crippen LogP contribution in [0.15, 0.2) is 48.7 Å². The van der Waals surface area contributed by atoms with Gasteiger partial charge >= 0.3 is 0 Å². The molecule has 1 aromatic carbocycles. The van der Waals surface area contributed by atoms with Crippen molar-refractivity contribution in [2.24, 2.45) is 0 Å². The van der Waals surface area contributed by atoms with Gasteiger partial charge in [0.25, 0.3) is 0 Å². The van der Waals surface area contributed by atoms with Crippen LogP contribution in [0, 0.1) is 6.92 Å². The fourth-order valence-corrected chi connectivity index (χ4v) is 3.37. The van der Waals surface area contributed by atoms with Crippen LogP contribution in [0.2, 0.25) is 0 Å². The molecule has 0 aliphatic carbocycles. The lowest BCUT2D eigenvalue weighted by atomic mass is 10.0. The number of nitrogens with zero attached hydrogens (tertiary/aromatic N) is 5. The summed E-state index contributed by atoms with van der Waals surface area (Å²) in [6, 6.07) is 14.5. The zero-order valence-electron chi connectivity index (χ0n) is 14.5. The standard InChI is InChI=1S/C19H21N5O/c1-14-10-12-24(22-14)19-9-8-18(20-21-19)23-11-4-7-17(23)15-5-3-6-16(13-15)25-2/h3,5-6,8-10,12-13,17H,4,7,11H2,1-2H3. The van der Waals surface area contributed by atoms with Crippen LogP contribution < -0.4 is 9.64 Å². The first kappa shape index (κ1) is 15.6. The summed E-state index contributed by atoms with van der Waals surface area (Å²) in [5.41, 5.74) is 2.22. The predicted molar refractivity (Wildman–Crippen MR) is 96.2 cm³/mol. The smallest absolute Gasteiger partial charge is 0.175 e. The van der Waals surface area contributed by atoms with E-state index < -0.39 is 0 Å². The average molecular weight is 335 g/mol. The minimum Gasteiger partial charge on any atom is -0.497 e. The molecule has 1 unspecified atom stereocenters. The number of methoxy groups -OCH3 is 1. The summed E-state index contributed by atoms with van der Waals surface area (Å²) in [6.07, 6.45) is 4.15. The Bertz CT molecular complexity index is 858. The number of benzene rings is 1. The zero-order chi connectivity index (χ0) is 17.2. The summed E-state index contributed by atoms with van der Waals surface area (Å²) >= 11 is 0. The molecule has 2 aromatic heterocycles. The number of hydrogen-bond acceptors (Lipinski definition) is 5.